The van der Waals surface area contributed by atoms with Crippen LogP contribution >= 0.6 is 0 Å². The van der Waals surface area contributed by atoms with Gasteiger partial charge in [-0.1, -0.05) is 13.8 Å². The zero-order chi connectivity index (χ0) is 14.5. The number of rotatable bonds is 7. The number of nitrogens with one attached hydrogen (secondary N) is 3. The maximum atomic E-state index is 4.44. The summed E-state index contributed by atoms with van der Waals surface area (Å²) < 4.78 is 0. The van der Waals surface area contributed by atoms with Gasteiger partial charge in [0, 0.05) is 24.7 Å². The van der Waals surface area contributed by atoms with Crippen molar-refractivity contribution in [3.05, 3.63) is 11.9 Å². The summed E-state index contributed by atoms with van der Waals surface area (Å²) in [5, 5.41) is 9.95. The van der Waals surface area contributed by atoms with Crippen molar-refractivity contribution in [3.8, 4) is 0 Å². The molecule has 0 atom stereocenters. The maximum Gasteiger partial charge on any atom is 0.132 e. The zero-order valence-electron chi connectivity index (χ0n) is 13.0. The van der Waals surface area contributed by atoms with Crippen LogP contribution in [0.5, 0.6) is 0 Å². The van der Waals surface area contributed by atoms with Gasteiger partial charge in [-0.25, -0.2) is 9.97 Å². The van der Waals surface area contributed by atoms with Crippen molar-refractivity contribution < 1.29 is 0 Å². The van der Waals surface area contributed by atoms with Gasteiger partial charge in [0.2, 0.25) is 0 Å². The minimum Gasteiger partial charge on any atom is -0.370 e. The van der Waals surface area contributed by atoms with Crippen molar-refractivity contribution in [1.82, 2.24) is 15.3 Å². The highest BCUT2D eigenvalue weighted by Gasteiger charge is 2.17. The first-order chi connectivity index (χ1) is 8.82. The van der Waals surface area contributed by atoms with Gasteiger partial charge in [0.1, 0.15) is 17.5 Å². The molecule has 0 aliphatic rings. The van der Waals surface area contributed by atoms with Crippen molar-refractivity contribution in [2.24, 2.45) is 5.92 Å². The molecule has 5 nitrogen and oxygen atoms in total. The van der Waals surface area contributed by atoms with E-state index in [9.17, 15) is 0 Å². The Kier molecular flexibility index (Phi) is 5.54. The van der Waals surface area contributed by atoms with Gasteiger partial charge in [0.15, 0.2) is 0 Å². The second-order valence-electron chi connectivity index (χ2n) is 6.00. The first kappa shape index (κ1) is 15.7. The average molecular weight is 265 g/mol. The van der Waals surface area contributed by atoms with Crippen LogP contribution in [0.4, 0.5) is 11.6 Å². The molecule has 19 heavy (non-hydrogen) atoms. The smallest absolute Gasteiger partial charge is 0.132 e. The van der Waals surface area contributed by atoms with E-state index in [0.717, 1.165) is 30.5 Å². The summed E-state index contributed by atoms with van der Waals surface area (Å²) in [5.74, 6) is 3.10. The normalized spacial score (nSPS) is 11.7. The minimum atomic E-state index is -0.0507. The molecular weight excluding hydrogens is 238 g/mol. The number of likely N-dealkylation sites (N-methyl/N-ethyl adjacent to an activating group) is 1. The Bertz CT molecular complexity index is 401. The maximum absolute atomic E-state index is 4.44. The SMILES string of the molecule is CNCC(C)(C)Nc1cc(NCC(C)C)nc(C)n1. The first-order valence-corrected chi connectivity index (χ1v) is 6.85. The second-order valence-corrected chi connectivity index (χ2v) is 6.00. The Morgan fingerprint density at radius 2 is 1.84 bits per heavy atom. The Hall–Kier alpha value is -1.36. The molecule has 5 heteroatoms. The monoisotopic (exact) mass is 265 g/mol. The van der Waals surface area contributed by atoms with Crippen LogP contribution in [0, 0.1) is 12.8 Å². The van der Waals surface area contributed by atoms with E-state index in [1.165, 1.54) is 0 Å². The van der Waals surface area contributed by atoms with Gasteiger partial charge in [-0.2, -0.15) is 0 Å². The number of aryl methyl sites for hydroxylation is 1. The van der Waals surface area contributed by atoms with Crippen molar-refractivity contribution in [2.45, 2.75) is 40.2 Å². The summed E-state index contributed by atoms with van der Waals surface area (Å²) in [6, 6.07) is 1.97. The number of hydrogen-bond donors (Lipinski definition) is 3. The topological polar surface area (TPSA) is 61.9 Å². The largest absolute Gasteiger partial charge is 0.370 e. The fourth-order valence-corrected chi connectivity index (χ4v) is 1.86. The van der Waals surface area contributed by atoms with Gasteiger partial charge in [-0.3, -0.25) is 0 Å². The second kappa shape index (κ2) is 6.70. The number of aromatic nitrogens is 2. The van der Waals surface area contributed by atoms with E-state index in [0.29, 0.717) is 5.92 Å². The van der Waals surface area contributed by atoms with E-state index in [4.69, 9.17) is 0 Å². The molecule has 1 heterocycles. The molecule has 108 valence electrons. The summed E-state index contributed by atoms with van der Waals surface area (Å²) in [6.45, 7) is 12.3. The van der Waals surface area contributed by atoms with Gasteiger partial charge in [-0.15, -0.1) is 0 Å². The van der Waals surface area contributed by atoms with Crippen LogP contribution in [0.3, 0.4) is 0 Å². The van der Waals surface area contributed by atoms with Crippen molar-refractivity contribution in [3.63, 3.8) is 0 Å². The minimum absolute atomic E-state index is 0.0507. The van der Waals surface area contributed by atoms with Gasteiger partial charge < -0.3 is 16.0 Å². The molecule has 0 aliphatic heterocycles. The van der Waals surface area contributed by atoms with E-state index in [1.807, 2.05) is 20.0 Å². The van der Waals surface area contributed by atoms with Gasteiger partial charge in [0.25, 0.3) is 0 Å². The lowest BCUT2D eigenvalue weighted by Crippen LogP contribution is -2.41. The third-order valence-corrected chi connectivity index (χ3v) is 2.61. The molecule has 0 spiro atoms. The summed E-state index contributed by atoms with van der Waals surface area (Å²) in [6.07, 6.45) is 0. The Balaban J connectivity index is 2.78. The highest BCUT2D eigenvalue weighted by Crippen LogP contribution is 2.16. The molecule has 0 amide bonds. The van der Waals surface area contributed by atoms with Crippen molar-refractivity contribution >= 4 is 11.6 Å². The number of anilines is 2. The molecule has 0 aliphatic carbocycles. The van der Waals surface area contributed by atoms with Gasteiger partial charge in [-0.05, 0) is 33.7 Å². The molecule has 0 saturated carbocycles. The highest BCUT2D eigenvalue weighted by molar-refractivity contribution is 5.48. The van der Waals surface area contributed by atoms with Crippen molar-refractivity contribution in [1.29, 1.82) is 0 Å². The molecule has 0 aromatic carbocycles. The summed E-state index contributed by atoms with van der Waals surface area (Å²) in [4.78, 5) is 8.84. The molecule has 1 aromatic rings. The third kappa shape index (κ3) is 5.87. The fraction of sp³-hybridized carbons (Fsp3) is 0.714. The molecule has 1 aromatic heterocycles. The van der Waals surface area contributed by atoms with Crippen LogP contribution in [0.1, 0.15) is 33.5 Å². The number of nitrogens with zero attached hydrogens (tertiary/aromatic N) is 2. The predicted molar refractivity (Wildman–Crippen MR) is 81.7 cm³/mol. The molecule has 1 rings (SSSR count). The molecule has 0 fully saturated rings. The summed E-state index contributed by atoms with van der Waals surface area (Å²) in [7, 11) is 1.95. The number of hydrogen-bond acceptors (Lipinski definition) is 5. The van der Waals surface area contributed by atoms with Crippen molar-refractivity contribution in [2.75, 3.05) is 30.8 Å². The first-order valence-electron chi connectivity index (χ1n) is 6.85. The Morgan fingerprint density at radius 3 is 2.42 bits per heavy atom. The zero-order valence-corrected chi connectivity index (χ0v) is 13.0. The molecule has 0 bridgehead atoms. The summed E-state index contributed by atoms with van der Waals surface area (Å²) >= 11 is 0. The lowest BCUT2D eigenvalue weighted by molar-refractivity contribution is 0.528. The van der Waals surface area contributed by atoms with E-state index in [-0.39, 0.29) is 5.54 Å². The van der Waals surface area contributed by atoms with E-state index >= 15 is 0 Å². The van der Waals surface area contributed by atoms with Crippen LogP contribution in [0.25, 0.3) is 0 Å². The van der Waals surface area contributed by atoms with Crippen LogP contribution in [0.2, 0.25) is 0 Å². The highest BCUT2D eigenvalue weighted by atomic mass is 15.1. The van der Waals surface area contributed by atoms with E-state index in [1.54, 1.807) is 0 Å². The summed E-state index contributed by atoms with van der Waals surface area (Å²) in [5.41, 5.74) is -0.0507. The molecule has 0 unspecified atom stereocenters. The lowest BCUT2D eigenvalue weighted by atomic mass is 10.1. The Morgan fingerprint density at radius 1 is 1.21 bits per heavy atom. The Labute approximate surface area is 116 Å². The predicted octanol–water partition coefficient (Wildman–Crippen LogP) is 2.26. The average Bonchev–Trinajstić information content (AvgIpc) is 2.24. The molecule has 0 saturated heterocycles. The molecular formula is C14H27N5. The standard InChI is InChI=1S/C14H27N5/c1-10(2)8-16-12-7-13(18-11(3)17-12)19-14(4,5)9-15-6/h7,10,15H,8-9H2,1-6H3,(H2,16,17,18,19). The molecule has 3 N–H and O–H groups in total. The quantitative estimate of drug-likeness (QED) is 0.706. The van der Waals surface area contributed by atoms with Crippen LogP contribution in [-0.4, -0.2) is 35.6 Å². The van der Waals surface area contributed by atoms with E-state index < -0.39 is 0 Å². The van der Waals surface area contributed by atoms with Crippen LogP contribution < -0.4 is 16.0 Å². The lowest BCUT2D eigenvalue weighted by Gasteiger charge is -2.27. The van der Waals surface area contributed by atoms with Gasteiger partial charge in [0.05, 0.1) is 0 Å². The fourth-order valence-electron chi connectivity index (χ4n) is 1.86. The van der Waals surface area contributed by atoms with Crippen LogP contribution in [0.15, 0.2) is 6.07 Å². The third-order valence-electron chi connectivity index (χ3n) is 2.61. The van der Waals surface area contributed by atoms with Crippen LogP contribution in [-0.2, 0) is 0 Å². The molecule has 0 radical (unpaired) electrons. The van der Waals surface area contributed by atoms with Gasteiger partial charge >= 0.3 is 0 Å². The van der Waals surface area contributed by atoms with E-state index in [2.05, 4.69) is 53.6 Å².